The second kappa shape index (κ2) is 5.82. The van der Waals surface area contributed by atoms with Gasteiger partial charge < -0.3 is 11.1 Å². The molecule has 1 amide bonds. The summed E-state index contributed by atoms with van der Waals surface area (Å²) in [5.74, 6) is 0.467. The SMILES string of the molecule is NCC1CCCC1NC(=O)c1ccc(I)cc1. The molecule has 4 heteroatoms. The smallest absolute Gasteiger partial charge is 0.251 e. The molecule has 1 saturated carbocycles. The first-order valence-electron chi connectivity index (χ1n) is 5.97. The van der Waals surface area contributed by atoms with Gasteiger partial charge in [-0.2, -0.15) is 0 Å². The Kier molecular flexibility index (Phi) is 4.39. The fourth-order valence-corrected chi connectivity index (χ4v) is 2.72. The molecule has 0 radical (unpaired) electrons. The van der Waals surface area contributed by atoms with E-state index >= 15 is 0 Å². The van der Waals surface area contributed by atoms with Crippen molar-refractivity contribution >= 4 is 28.5 Å². The lowest BCUT2D eigenvalue weighted by molar-refractivity contribution is 0.0929. The fraction of sp³-hybridized carbons (Fsp3) is 0.462. The van der Waals surface area contributed by atoms with Crippen molar-refractivity contribution in [3.05, 3.63) is 33.4 Å². The molecule has 2 rings (SSSR count). The number of rotatable bonds is 3. The topological polar surface area (TPSA) is 55.1 Å². The molecule has 1 aromatic rings. The van der Waals surface area contributed by atoms with Crippen molar-refractivity contribution in [3.63, 3.8) is 0 Å². The molecule has 0 spiro atoms. The minimum atomic E-state index is 0.0201. The summed E-state index contributed by atoms with van der Waals surface area (Å²) in [6, 6.07) is 7.88. The number of hydrogen-bond acceptors (Lipinski definition) is 2. The van der Waals surface area contributed by atoms with Crippen molar-refractivity contribution in [2.45, 2.75) is 25.3 Å². The number of carbonyl (C=O) groups excluding carboxylic acids is 1. The molecular formula is C13H17IN2O. The van der Waals surface area contributed by atoms with Gasteiger partial charge in [0.15, 0.2) is 0 Å². The average molecular weight is 344 g/mol. The van der Waals surface area contributed by atoms with Gasteiger partial charge in [0.2, 0.25) is 0 Å². The summed E-state index contributed by atoms with van der Waals surface area (Å²) >= 11 is 2.23. The highest BCUT2D eigenvalue weighted by atomic mass is 127. The molecule has 0 aromatic heterocycles. The number of carbonyl (C=O) groups is 1. The zero-order valence-corrected chi connectivity index (χ0v) is 11.8. The zero-order chi connectivity index (χ0) is 12.3. The van der Waals surface area contributed by atoms with Gasteiger partial charge in [0.05, 0.1) is 0 Å². The van der Waals surface area contributed by atoms with Gasteiger partial charge in [0, 0.05) is 15.2 Å². The van der Waals surface area contributed by atoms with Crippen LogP contribution in [0, 0.1) is 9.49 Å². The van der Waals surface area contributed by atoms with Crippen LogP contribution in [0.5, 0.6) is 0 Å². The summed E-state index contributed by atoms with van der Waals surface area (Å²) in [4.78, 5) is 12.0. The second-order valence-electron chi connectivity index (χ2n) is 4.51. The Labute approximate surface area is 115 Å². The maximum absolute atomic E-state index is 12.0. The molecule has 0 saturated heterocycles. The van der Waals surface area contributed by atoms with Gasteiger partial charge in [-0.3, -0.25) is 4.79 Å². The van der Waals surface area contributed by atoms with Crippen LogP contribution in [0.25, 0.3) is 0 Å². The van der Waals surface area contributed by atoms with Crippen molar-refractivity contribution in [3.8, 4) is 0 Å². The number of nitrogens with one attached hydrogen (secondary N) is 1. The molecule has 2 unspecified atom stereocenters. The summed E-state index contributed by atoms with van der Waals surface area (Å²) in [6.07, 6.45) is 3.35. The summed E-state index contributed by atoms with van der Waals surface area (Å²) in [7, 11) is 0. The molecule has 0 bridgehead atoms. The lowest BCUT2D eigenvalue weighted by atomic mass is 10.0. The second-order valence-corrected chi connectivity index (χ2v) is 5.76. The highest BCUT2D eigenvalue weighted by molar-refractivity contribution is 14.1. The van der Waals surface area contributed by atoms with Gasteiger partial charge in [-0.1, -0.05) is 6.42 Å². The van der Waals surface area contributed by atoms with Crippen LogP contribution in [-0.4, -0.2) is 18.5 Å². The molecule has 92 valence electrons. The summed E-state index contributed by atoms with van der Waals surface area (Å²) in [5.41, 5.74) is 6.44. The normalized spacial score (nSPS) is 23.6. The first-order chi connectivity index (χ1) is 8.20. The average Bonchev–Trinajstić information content (AvgIpc) is 2.77. The van der Waals surface area contributed by atoms with Gasteiger partial charge in [0.1, 0.15) is 0 Å². The largest absolute Gasteiger partial charge is 0.349 e. The Bertz CT molecular complexity index is 391. The summed E-state index contributed by atoms with van der Waals surface area (Å²) in [6.45, 7) is 0.664. The van der Waals surface area contributed by atoms with Crippen LogP contribution in [-0.2, 0) is 0 Å². The first kappa shape index (κ1) is 12.8. The van der Waals surface area contributed by atoms with Crippen LogP contribution < -0.4 is 11.1 Å². The minimum absolute atomic E-state index is 0.0201. The van der Waals surface area contributed by atoms with E-state index in [1.54, 1.807) is 0 Å². The summed E-state index contributed by atoms with van der Waals surface area (Å²) < 4.78 is 1.14. The molecule has 3 N–H and O–H groups in total. The molecule has 2 atom stereocenters. The minimum Gasteiger partial charge on any atom is -0.349 e. The standard InChI is InChI=1S/C13H17IN2O/c14-11-6-4-9(5-7-11)13(17)16-12-3-1-2-10(12)8-15/h4-7,10,12H,1-3,8,15H2,(H,16,17). The predicted molar refractivity (Wildman–Crippen MR) is 76.8 cm³/mol. The van der Waals surface area contributed by atoms with E-state index in [1.807, 2.05) is 24.3 Å². The highest BCUT2D eigenvalue weighted by Crippen LogP contribution is 2.24. The number of hydrogen-bond donors (Lipinski definition) is 2. The van der Waals surface area contributed by atoms with E-state index < -0.39 is 0 Å². The van der Waals surface area contributed by atoms with Crippen molar-refractivity contribution < 1.29 is 4.79 Å². The van der Waals surface area contributed by atoms with E-state index in [0.717, 1.165) is 22.0 Å². The lowest BCUT2D eigenvalue weighted by Gasteiger charge is -2.19. The predicted octanol–water partition coefficient (Wildman–Crippen LogP) is 2.15. The van der Waals surface area contributed by atoms with Crippen LogP contribution >= 0.6 is 22.6 Å². The Hall–Kier alpha value is -0.620. The Balaban J connectivity index is 1.99. The molecule has 1 fully saturated rings. The maximum atomic E-state index is 12.0. The third-order valence-corrected chi connectivity index (χ3v) is 4.10. The van der Waals surface area contributed by atoms with Crippen LogP contribution in [0.1, 0.15) is 29.6 Å². The van der Waals surface area contributed by atoms with E-state index in [1.165, 1.54) is 6.42 Å². The van der Waals surface area contributed by atoms with Crippen molar-refractivity contribution in [1.29, 1.82) is 0 Å². The van der Waals surface area contributed by atoms with Gasteiger partial charge >= 0.3 is 0 Å². The Morgan fingerprint density at radius 2 is 2.06 bits per heavy atom. The van der Waals surface area contributed by atoms with Crippen molar-refractivity contribution in [2.24, 2.45) is 11.7 Å². The van der Waals surface area contributed by atoms with E-state index in [0.29, 0.717) is 12.5 Å². The summed E-state index contributed by atoms with van der Waals surface area (Å²) in [5, 5.41) is 3.09. The van der Waals surface area contributed by atoms with Crippen LogP contribution in [0.2, 0.25) is 0 Å². The molecular weight excluding hydrogens is 327 g/mol. The quantitative estimate of drug-likeness (QED) is 0.826. The first-order valence-corrected chi connectivity index (χ1v) is 7.05. The van der Waals surface area contributed by atoms with Crippen LogP contribution in [0.15, 0.2) is 24.3 Å². The van der Waals surface area contributed by atoms with Gasteiger partial charge in [0.25, 0.3) is 5.91 Å². The maximum Gasteiger partial charge on any atom is 0.251 e. The third-order valence-electron chi connectivity index (χ3n) is 3.38. The van der Waals surface area contributed by atoms with E-state index in [-0.39, 0.29) is 11.9 Å². The Morgan fingerprint density at radius 1 is 1.35 bits per heavy atom. The molecule has 17 heavy (non-hydrogen) atoms. The molecule has 3 nitrogen and oxygen atoms in total. The number of halogens is 1. The van der Waals surface area contributed by atoms with Crippen LogP contribution in [0.3, 0.4) is 0 Å². The number of nitrogens with two attached hydrogens (primary N) is 1. The zero-order valence-electron chi connectivity index (χ0n) is 9.66. The molecule has 1 aliphatic rings. The van der Waals surface area contributed by atoms with Gasteiger partial charge in [-0.25, -0.2) is 0 Å². The van der Waals surface area contributed by atoms with E-state index in [9.17, 15) is 4.79 Å². The van der Waals surface area contributed by atoms with Gasteiger partial charge in [-0.05, 0) is 72.2 Å². The third kappa shape index (κ3) is 3.19. The molecule has 0 aliphatic heterocycles. The van der Waals surface area contributed by atoms with Crippen molar-refractivity contribution in [2.75, 3.05) is 6.54 Å². The van der Waals surface area contributed by atoms with E-state index in [4.69, 9.17) is 5.73 Å². The van der Waals surface area contributed by atoms with Crippen LogP contribution in [0.4, 0.5) is 0 Å². The molecule has 1 aliphatic carbocycles. The monoisotopic (exact) mass is 344 g/mol. The van der Waals surface area contributed by atoms with Gasteiger partial charge in [-0.15, -0.1) is 0 Å². The van der Waals surface area contributed by atoms with E-state index in [2.05, 4.69) is 27.9 Å². The Morgan fingerprint density at radius 3 is 2.71 bits per heavy atom. The number of benzene rings is 1. The molecule has 0 heterocycles. The van der Waals surface area contributed by atoms with Crippen molar-refractivity contribution in [1.82, 2.24) is 5.32 Å². The lowest BCUT2D eigenvalue weighted by Crippen LogP contribution is -2.39. The fourth-order valence-electron chi connectivity index (χ4n) is 2.36. The highest BCUT2D eigenvalue weighted by Gasteiger charge is 2.27. The number of amides is 1. The molecule has 1 aromatic carbocycles.